The molecule has 0 saturated heterocycles. The topological polar surface area (TPSA) is 63.2 Å². The van der Waals surface area contributed by atoms with E-state index in [1.807, 2.05) is 24.3 Å². The average molecular weight is 668 g/mol. The van der Waals surface area contributed by atoms with Crippen LogP contribution in [0.5, 0.6) is 0 Å². The zero-order chi connectivity index (χ0) is 28.5. The van der Waals surface area contributed by atoms with Crippen LogP contribution in [0.3, 0.4) is 0 Å². The second-order valence-electron chi connectivity index (χ2n) is 12.3. The smallest absolute Gasteiger partial charge is 0.338 e. The SMILES string of the molecule is CCCC[Si](C)(C)O[Si](C)(C)O[Si](C)(C)O[Si](C)(C)O[Si](C)(C)CCCOC(=O)c1ccc(CBr)cc1. The third-order valence-electron chi connectivity index (χ3n) is 5.66. The number of halogens is 1. The maximum atomic E-state index is 12.3. The van der Waals surface area contributed by atoms with Gasteiger partial charge in [-0.1, -0.05) is 47.8 Å². The van der Waals surface area contributed by atoms with Crippen LogP contribution in [0.1, 0.15) is 42.1 Å². The Kier molecular flexibility index (Phi) is 13.9. The number of ether oxygens (including phenoxy) is 1. The van der Waals surface area contributed by atoms with Gasteiger partial charge in [0.25, 0.3) is 0 Å². The number of alkyl halides is 1. The second kappa shape index (κ2) is 14.6. The van der Waals surface area contributed by atoms with Crippen molar-refractivity contribution in [3.8, 4) is 0 Å². The molecule has 0 aliphatic carbocycles. The number of rotatable bonds is 17. The molecule has 0 aromatic heterocycles. The number of hydrogen-bond donors (Lipinski definition) is 0. The van der Waals surface area contributed by atoms with Crippen molar-refractivity contribution in [3.05, 3.63) is 35.4 Å². The highest BCUT2D eigenvalue weighted by Crippen LogP contribution is 2.28. The van der Waals surface area contributed by atoms with Crippen LogP contribution in [0, 0.1) is 0 Å². The van der Waals surface area contributed by atoms with E-state index in [9.17, 15) is 4.79 Å². The summed E-state index contributed by atoms with van der Waals surface area (Å²) in [6, 6.07) is 9.54. The number of hydrogen-bond acceptors (Lipinski definition) is 6. The molecule has 0 atom stereocenters. The molecule has 1 aromatic rings. The lowest BCUT2D eigenvalue weighted by Gasteiger charge is -2.42. The van der Waals surface area contributed by atoms with Crippen LogP contribution in [0.4, 0.5) is 0 Å². The van der Waals surface area contributed by atoms with Crippen LogP contribution >= 0.6 is 15.9 Å². The summed E-state index contributed by atoms with van der Waals surface area (Å²) >= 11 is 3.42. The minimum absolute atomic E-state index is 0.278. The van der Waals surface area contributed by atoms with Gasteiger partial charge in [-0.25, -0.2) is 4.79 Å². The van der Waals surface area contributed by atoms with E-state index in [0.29, 0.717) is 12.2 Å². The van der Waals surface area contributed by atoms with Gasteiger partial charge in [0.1, 0.15) is 0 Å². The van der Waals surface area contributed by atoms with Crippen LogP contribution in [0.25, 0.3) is 0 Å². The molecule has 1 rings (SSSR count). The predicted molar refractivity (Wildman–Crippen MR) is 170 cm³/mol. The zero-order valence-corrected chi connectivity index (χ0v) is 31.7. The number of carbonyl (C=O) groups excluding carboxylic acids is 1. The fourth-order valence-corrected chi connectivity index (χ4v) is 29.9. The van der Waals surface area contributed by atoms with E-state index in [-0.39, 0.29) is 5.97 Å². The summed E-state index contributed by atoms with van der Waals surface area (Å²) in [4.78, 5) is 12.3. The third-order valence-corrected chi connectivity index (χ3v) is 25.6. The van der Waals surface area contributed by atoms with Crippen molar-refractivity contribution in [3.63, 3.8) is 0 Å². The first-order chi connectivity index (χ1) is 16.8. The van der Waals surface area contributed by atoms with Crippen LogP contribution < -0.4 is 0 Å². The largest absolute Gasteiger partial charge is 0.462 e. The van der Waals surface area contributed by atoms with Gasteiger partial charge in [-0.3, -0.25) is 0 Å². The Morgan fingerprint density at radius 3 is 1.57 bits per heavy atom. The average Bonchev–Trinajstić information content (AvgIpc) is 2.71. The van der Waals surface area contributed by atoms with E-state index in [4.69, 9.17) is 21.2 Å². The molecular weight excluding hydrogens is 617 g/mol. The molecule has 0 fully saturated rings. The van der Waals surface area contributed by atoms with Gasteiger partial charge in [0, 0.05) is 5.33 Å². The second-order valence-corrected chi connectivity index (χ2v) is 32.6. The van der Waals surface area contributed by atoms with E-state index in [1.165, 1.54) is 12.8 Å². The van der Waals surface area contributed by atoms with Crippen molar-refractivity contribution >= 4 is 64.2 Å². The lowest BCUT2D eigenvalue weighted by molar-refractivity contribution is 0.0503. The summed E-state index contributed by atoms with van der Waals surface area (Å²) in [7, 11) is -11.0. The van der Waals surface area contributed by atoms with Crippen molar-refractivity contribution < 1.29 is 26.0 Å². The fourth-order valence-electron chi connectivity index (χ4n) is 4.76. The van der Waals surface area contributed by atoms with E-state index in [2.05, 4.69) is 88.3 Å². The fraction of sp³-hybridized carbons (Fsp3) is 0.720. The number of unbranched alkanes of at least 4 members (excludes halogenated alkanes) is 1. The maximum Gasteiger partial charge on any atom is 0.338 e. The summed E-state index contributed by atoms with van der Waals surface area (Å²) in [5.74, 6) is -0.278. The molecule has 0 N–H and O–H groups in total. The molecular formula is C25H51BrO6Si5. The molecule has 0 heterocycles. The molecule has 0 bridgehead atoms. The van der Waals surface area contributed by atoms with E-state index >= 15 is 0 Å². The van der Waals surface area contributed by atoms with Crippen LogP contribution in [0.2, 0.25) is 77.6 Å². The predicted octanol–water partition coefficient (Wildman–Crippen LogP) is 8.51. The minimum Gasteiger partial charge on any atom is -0.462 e. The van der Waals surface area contributed by atoms with Gasteiger partial charge in [-0.2, -0.15) is 0 Å². The van der Waals surface area contributed by atoms with Crippen LogP contribution in [-0.4, -0.2) is 54.9 Å². The normalized spacial score (nSPS) is 13.6. The van der Waals surface area contributed by atoms with Crippen molar-refractivity contribution in [1.29, 1.82) is 0 Å². The molecule has 6 nitrogen and oxygen atoms in total. The Balaban J connectivity index is 2.58. The lowest BCUT2D eigenvalue weighted by Crippen LogP contribution is -2.58. The minimum atomic E-state index is -2.46. The maximum absolute atomic E-state index is 12.3. The summed E-state index contributed by atoms with van der Waals surface area (Å²) in [6.45, 7) is 24.4. The van der Waals surface area contributed by atoms with Gasteiger partial charge in [0.2, 0.25) is 0 Å². The molecule has 0 radical (unpaired) electrons. The van der Waals surface area contributed by atoms with Gasteiger partial charge in [-0.15, -0.1) is 0 Å². The Morgan fingerprint density at radius 1 is 0.703 bits per heavy atom. The highest BCUT2D eigenvalue weighted by atomic mass is 79.9. The van der Waals surface area contributed by atoms with Crippen molar-refractivity contribution in [2.45, 2.75) is 109 Å². The highest BCUT2D eigenvalue weighted by Gasteiger charge is 2.45. The first-order valence-corrected chi connectivity index (χ1v) is 29.2. The third kappa shape index (κ3) is 14.9. The molecule has 37 heavy (non-hydrogen) atoms. The highest BCUT2D eigenvalue weighted by molar-refractivity contribution is 9.08. The molecule has 0 spiro atoms. The molecule has 12 heteroatoms. The van der Waals surface area contributed by atoms with Gasteiger partial charge in [0.05, 0.1) is 12.2 Å². The molecule has 0 amide bonds. The Morgan fingerprint density at radius 2 is 1.14 bits per heavy atom. The monoisotopic (exact) mass is 666 g/mol. The van der Waals surface area contributed by atoms with Gasteiger partial charge < -0.3 is 21.2 Å². The van der Waals surface area contributed by atoms with Crippen LogP contribution in [0.15, 0.2) is 24.3 Å². The summed E-state index contributed by atoms with van der Waals surface area (Å²) in [5.41, 5.74) is 1.71. The zero-order valence-electron chi connectivity index (χ0n) is 25.1. The van der Waals surface area contributed by atoms with E-state index < -0.39 is 42.3 Å². The van der Waals surface area contributed by atoms with Gasteiger partial charge >= 0.3 is 31.7 Å². The van der Waals surface area contributed by atoms with E-state index in [0.717, 1.165) is 29.4 Å². The molecule has 214 valence electrons. The van der Waals surface area contributed by atoms with Crippen LogP contribution in [-0.2, 0) is 26.5 Å². The summed E-state index contributed by atoms with van der Waals surface area (Å²) in [6.07, 6.45) is 3.17. The number of benzene rings is 1. The molecule has 1 aromatic carbocycles. The van der Waals surface area contributed by atoms with Crippen molar-refractivity contribution in [2.24, 2.45) is 0 Å². The Hall–Kier alpha value is 0.0944. The Labute approximate surface area is 240 Å². The first-order valence-electron chi connectivity index (χ1n) is 13.4. The van der Waals surface area contributed by atoms with Gasteiger partial charge in [-0.05, 0) is 102 Å². The Bertz CT molecular complexity index is 846. The summed E-state index contributed by atoms with van der Waals surface area (Å²) < 4.78 is 32.2. The molecule has 0 saturated carbocycles. The summed E-state index contributed by atoms with van der Waals surface area (Å²) in [5, 5.41) is 0.767. The first kappa shape index (κ1) is 35.1. The number of carbonyl (C=O) groups is 1. The molecule has 0 aliphatic rings. The quantitative estimate of drug-likeness (QED) is 0.0719. The van der Waals surface area contributed by atoms with Crippen molar-refractivity contribution in [1.82, 2.24) is 0 Å². The molecule has 0 unspecified atom stereocenters. The van der Waals surface area contributed by atoms with Gasteiger partial charge in [0.15, 0.2) is 16.6 Å². The lowest BCUT2D eigenvalue weighted by atomic mass is 10.1. The number of esters is 1. The van der Waals surface area contributed by atoms with E-state index in [1.54, 1.807) is 0 Å². The van der Waals surface area contributed by atoms with Crippen molar-refractivity contribution in [2.75, 3.05) is 6.61 Å². The standard InChI is InChI=1S/C25H51BrO6Si5/c1-12-13-20-33(2,3)29-35(6,7)31-37(10,11)32-36(8,9)30-34(4,5)21-14-19-28-25(27)24-17-15-23(22-26)16-18-24/h15-18H,12-14,19-22H2,1-11H3. The molecule has 0 aliphatic heterocycles.